The highest BCUT2D eigenvalue weighted by atomic mass is 35.5. The Hall–Kier alpha value is 0.564. The zero-order valence-corrected chi connectivity index (χ0v) is 15.4. The van der Waals surface area contributed by atoms with Crippen LogP contribution >= 0.6 is 12.4 Å². The van der Waals surface area contributed by atoms with Crippen molar-refractivity contribution >= 4 is 30.0 Å². The van der Waals surface area contributed by atoms with E-state index in [-0.39, 0.29) is 21.2 Å². The van der Waals surface area contributed by atoms with Gasteiger partial charge >= 0.3 is 8.80 Å². The Morgan fingerprint density at radius 1 is 0.944 bits per heavy atom. The van der Waals surface area contributed by atoms with E-state index in [1.54, 1.807) is 21.3 Å². The van der Waals surface area contributed by atoms with Gasteiger partial charge in [0.1, 0.15) is 0 Å². The van der Waals surface area contributed by atoms with Crippen LogP contribution in [-0.4, -0.2) is 52.0 Å². The molecule has 0 aliphatic heterocycles. The minimum absolute atomic E-state index is 0. The summed E-state index contributed by atoms with van der Waals surface area (Å²) in [6.07, 6.45) is 2.35. The molecule has 0 unspecified atom stereocenters. The molecule has 0 saturated carbocycles. The third-order valence-electron chi connectivity index (χ3n) is 2.90. The molecular formula is C11H30ClNO3Si2. The molecule has 4 nitrogen and oxygen atoms in total. The van der Waals surface area contributed by atoms with Gasteiger partial charge in [-0.15, -0.1) is 12.4 Å². The second-order valence-electron chi connectivity index (χ2n) is 4.69. The summed E-state index contributed by atoms with van der Waals surface area (Å²) in [6.45, 7) is 6.95. The van der Waals surface area contributed by atoms with E-state index < -0.39 is 8.80 Å². The predicted molar refractivity (Wildman–Crippen MR) is 84.6 cm³/mol. The molecule has 0 saturated heterocycles. The Bertz CT molecular complexity index is 175. The van der Waals surface area contributed by atoms with Crippen molar-refractivity contribution in [2.45, 2.75) is 38.0 Å². The van der Waals surface area contributed by atoms with Gasteiger partial charge in [0.05, 0.1) is 0 Å². The van der Waals surface area contributed by atoms with Crippen molar-refractivity contribution in [1.82, 2.24) is 5.32 Å². The Labute approximate surface area is 121 Å². The molecule has 0 aromatic heterocycles. The predicted octanol–water partition coefficient (Wildman–Crippen LogP) is 2.14. The number of nitrogens with one attached hydrogen (secondary N) is 1. The molecule has 7 heteroatoms. The molecule has 0 fully saturated rings. The molecule has 0 rings (SSSR count). The van der Waals surface area contributed by atoms with E-state index in [1.165, 1.54) is 12.5 Å². The van der Waals surface area contributed by atoms with Gasteiger partial charge < -0.3 is 18.6 Å². The van der Waals surface area contributed by atoms with Gasteiger partial charge in [0.15, 0.2) is 0 Å². The second-order valence-corrected chi connectivity index (χ2v) is 11.1. The first kappa shape index (κ1) is 20.9. The number of hydrogen-bond donors (Lipinski definition) is 1. The van der Waals surface area contributed by atoms with E-state index in [2.05, 4.69) is 18.4 Å². The lowest BCUT2D eigenvalue weighted by atomic mass is 10.4. The van der Waals surface area contributed by atoms with E-state index in [1.807, 2.05) is 0 Å². The van der Waals surface area contributed by atoms with Gasteiger partial charge in [0.2, 0.25) is 0 Å². The highest BCUT2D eigenvalue weighted by Gasteiger charge is 2.36. The zero-order chi connectivity index (χ0) is 13.1. The van der Waals surface area contributed by atoms with Gasteiger partial charge in [0, 0.05) is 36.2 Å². The molecular weight excluding hydrogens is 286 g/mol. The molecule has 0 heterocycles. The van der Waals surface area contributed by atoms with E-state index in [0.717, 1.165) is 25.6 Å². The topological polar surface area (TPSA) is 39.7 Å². The molecule has 0 atom stereocenters. The lowest BCUT2D eigenvalue weighted by Gasteiger charge is -2.24. The molecule has 0 spiro atoms. The van der Waals surface area contributed by atoms with Crippen LogP contribution in [-0.2, 0) is 13.3 Å². The Balaban J connectivity index is 0. The zero-order valence-electron chi connectivity index (χ0n) is 12.5. The highest BCUT2D eigenvalue weighted by Crippen LogP contribution is 2.14. The summed E-state index contributed by atoms with van der Waals surface area (Å²) < 4.78 is 16.1. The number of halogens is 1. The summed E-state index contributed by atoms with van der Waals surface area (Å²) in [5.74, 6) is 0. The fourth-order valence-electron chi connectivity index (χ4n) is 1.75. The average Bonchev–Trinajstić information content (AvgIpc) is 2.33. The monoisotopic (exact) mass is 315 g/mol. The second kappa shape index (κ2) is 12.6. The maximum absolute atomic E-state index is 5.37. The van der Waals surface area contributed by atoms with Gasteiger partial charge in [-0.05, 0) is 25.9 Å². The van der Waals surface area contributed by atoms with Crippen LogP contribution < -0.4 is 5.32 Å². The summed E-state index contributed by atoms with van der Waals surface area (Å²) in [4.78, 5) is 0. The van der Waals surface area contributed by atoms with Gasteiger partial charge in [-0.2, -0.15) is 0 Å². The van der Waals surface area contributed by atoms with Crippen molar-refractivity contribution in [1.29, 1.82) is 0 Å². The van der Waals surface area contributed by atoms with Gasteiger partial charge in [-0.3, -0.25) is 0 Å². The lowest BCUT2D eigenvalue weighted by Crippen LogP contribution is -2.43. The molecule has 112 valence electrons. The smallest absolute Gasteiger partial charge is 0.377 e. The van der Waals surface area contributed by atoms with E-state index in [0.29, 0.717) is 0 Å². The van der Waals surface area contributed by atoms with Gasteiger partial charge in [0.25, 0.3) is 0 Å². The minimum Gasteiger partial charge on any atom is -0.377 e. The average molecular weight is 316 g/mol. The fraction of sp³-hybridized carbons (Fsp3) is 1.00. The van der Waals surface area contributed by atoms with Crippen LogP contribution in [0.15, 0.2) is 0 Å². The summed E-state index contributed by atoms with van der Waals surface area (Å²) in [5, 5.41) is 3.46. The molecule has 0 aromatic carbocycles. The minimum atomic E-state index is -2.34. The first-order valence-electron chi connectivity index (χ1n) is 6.46. The highest BCUT2D eigenvalue weighted by molar-refractivity contribution is 6.60. The molecule has 0 radical (unpaired) electrons. The summed E-state index contributed by atoms with van der Waals surface area (Å²) in [7, 11) is 2.30. The molecule has 0 aliphatic carbocycles. The summed E-state index contributed by atoms with van der Waals surface area (Å²) in [6, 6.07) is 2.31. The Kier molecular flexibility index (Phi) is 14.6. The SMILES string of the molecule is CO[Si](CCCNCCC[SiH](C)C)(OC)OC.Cl. The standard InChI is InChI=1S/C11H29NO3Si2.ClH/c1-13-17(14-2,15-3)11-7-9-12-8-6-10-16(4)5;/h12,16H,6-11H2,1-5H3;1H. The van der Waals surface area contributed by atoms with E-state index >= 15 is 0 Å². The Morgan fingerprint density at radius 2 is 1.44 bits per heavy atom. The van der Waals surface area contributed by atoms with Crippen molar-refractivity contribution < 1.29 is 13.3 Å². The lowest BCUT2D eigenvalue weighted by molar-refractivity contribution is 0.123. The number of hydrogen-bond acceptors (Lipinski definition) is 4. The van der Waals surface area contributed by atoms with Crippen molar-refractivity contribution in [2.75, 3.05) is 34.4 Å². The van der Waals surface area contributed by atoms with Crippen LogP contribution in [0, 0.1) is 0 Å². The maximum atomic E-state index is 5.37. The largest absolute Gasteiger partial charge is 0.500 e. The maximum Gasteiger partial charge on any atom is 0.500 e. The normalized spacial score (nSPS) is 11.7. The van der Waals surface area contributed by atoms with Crippen molar-refractivity contribution in [3.63, 3.8) is 0 Å². The van der Waals surface area contributed by atoms with Crippen LogP contribution in [0.2, 0.25) is 25.2 Å². The van der Waals surface area contributed by atoms with Crippen LogP contribution in [0.4, 0.5) is 0 Å². The van der Waals surface area contributed by atoms with Crippen LogP contribution in [0.5, 0.6) is 0 Å². The summed E-state index contributed by atoms with van der Waals surface area (Å²) in [5.41, 5.74) is 0. The van der Waals surface area contributed by atoms with Crippen molar-refractivity contribution in [3.8, 4) is 0 Å². The van der Waals surface area contributed by atoms with Crippen LogP contribution in [0.1, 0.15) is 12.8 Å². The molecule has 18 heavy (non-hydrogen) atoms. The van der Waals surface area contributed by atoms with Gasteiger partial charge in [-0.1, -0.05) is 19.1 Å². The van der Waals surface area contributed by atoms with Gasteiger partial charge in [-0.25, -0.2) is 0 Å². The first-order valence-corrected chi connectivity index (χ1v) is 11.5. The van der Waals surface area contributed by atoms with Crippen molar-refractivity contribution in [3.05, 3.63) is 0 Å². The molecule has 0 amide bonds. The third-order valence-corrected chi connectivity index (χ3v) is 7.30. The van der Waals surface area contributed by atoms with Crippen LogP contribution in [0.25, 0.3) is 0 Å². The Morgan fingerprint density at radius 3 is 1.89 bits per heavy atom. The van der Waals surface area contributed by atoms with E-state index in [9.17, 15) is 0 Å². The summed E-state index contributed by atoms with van der Waals surface area (Å²) >= 11 is 0. The molecule has 1 N–H and O–H groups in total. The molecule has 0 aliphatic rings. The van der Waals surface area contributed by atoms with Crippen molar-refractivity contribution in [2.24, 2.45) is 0 Å². The van der Waals surface area contributed by atoms with Crippen LogP contribution in [0.3, 0.4) is 0 Å². The fourth-order valence-corrected chi connectivity index (χ4v) is 4.49. The third kappa shape index (κ3) is 9.49. The quantitative estimate of drug-likeness (QED) is 0.468. The molecule has 0 bridgehead atoms. The van der Waals surface area contributed by atoms with E-state index in [4.69, 9.17) is 13.3 Å². The number of rotatable bonds is 11. The molecule has 0 aromatic rings. The first-order chi connectivity index (χ1) is 8.10.